The number of alkyl halides is 1. The number of carbonyl (C=O) groups is 1. The minimum absolute atomic E-state index is 0.000984. The van der Waals surface area contributed by atoms with Crippen LogP contribution in [0.5, 0.6) is 0 Å². The molecule has 4 heteroatoms. The third-order valence-electron chi connectivity index (χ3n) is 2.84. The largest absolute Gasteiger partial charge is 0.354 e. The van der Waals surface area contributed by atoms with E-state index in [9.17, 15) is 9.18 Å². The number of nitrogens with zero attached hydrogens (tertiary/aromatic N) is 2. The van der Waals surface area contributed by atoms with Crippen LogP contribution in [0.25, 0.3) is 0 Å². The quantitative estimate of drug-likeness (QED) is 0.719. The van der Waals surface area contributed by atoms with E-state index < -0.39 is 6.17 Å². The fourth-order valence-corrected chi connectivity index (χ4v) is 1.91. The van der Waals surface area contributed by atoms with Gasteiger partial charge in [-0.2, -0.15) is 0 Å². The standard InChI is InChI=1S/C12H15FN2O/c1-9(16)10-4-5-12(14-7-10)15-6-2-3-11(13)8-15/h4-5,7,11H,2-3,6,8H2,1H3/t11-/m1/s1. The van der Waals surface area contributed by atoms with E-state index in [2.05, 4.69) is 4.98 Å². The van der Waals surface area contributed by atoms with Gasteiger partial charge in [0.2, 0.25) is 0 Å². The highest BCUT2D eigenvalue weighted by molar-refractivity contribution is 5.93. The normalized spacial score (nSPS) is 20.9. The molecule has 0 saturated carbocycles. The molecule has 0 bridgehead atoms. The van der Waals surface area contributed by atoms with E-state index in [0.717, 1.165) is 18.8 Å². The Morgan fingerprint density at radius 2 is 2.38 bits per heavy atom. The van der Waals surface area contributed by atoms with Crippen LogP contribution in [-0.4, -0.2) is 30.0 Å². The number of carbonyl (C=O) groups excluding carboxylic acids is 1. The summed E-state index contributed by atoms with van der Waals surface area (Å²) in [5.41, 5.74) is 0.595. The summed E-state index contributed by atoms with van der Waals surface area (Å²) < 4.78 is 13.2. The highest BCUT2D eigenvalue weighted by atomic mass is 19.1. The number of hydrogen-bond acceptors (Lipinski definition) is 3. The minimum atomic E-state index is -0.761. The maximum atomic E-state index is 13.2. The maximum Gasteiger partial charge on any atom is 0.161 e. The van der Waals surface area contributed by atoms with E-state index in [-0.39, 0.29) is 5.78 Å². The summed E-state index contributed by atoms with van der Waals surface area (Å²) in [5.74, 6) is 0.758. The minimum Gasteiger partial charge on any atom is -0.354 e. The van der Waals surface area contributed by atoms with Crippen LogP contribution in [0.4, 0.5) is 10.2 Å². The lowest BCUT2D eigenvalue weighted by molar-refractivity contribution is 0.101. The predicted molar refractivity (Wildman–Crippen MR) is 60.6 cm³/mol. The van der Waals surface area contributed by atoms with Crippen LogP contribution in [-0.2, 0) is 0 Å². The molecule has 1 aromatic heterocycles. The fraction of sp³-hybridized carbons (Fsp3) is 0.500. The molecule has 16 heavy (non-hydrogen) atoms. The first-order valence-corrected chi connectivity index (χ1v) is 5.53. The summed E-state index contributed by atoms with van der Waals surface area (Å²) in [7, 11) is 0. The van der Waals surface area contributed by atoms with Gasteiger partial charge in [-0.1, -0.05) is 0 Å². The zero-order chi connectivity index (χ0) is 11.5. The van der Waals surface area contributed by atoms with Crippen LogP contribution < -0.4 is 4.90 Å². The number of rotatable bonds is 2. The Labute approximate surface area is 94.3 Å². The van der Waals surface area contributed by atoms with Crippen molar-refractivity contribution in [3.05, 3.63) is 23.9 Å². The smallest absolute Gasteiger partial charge is 0.161 e. The molecule has 1 fully saturated rings. The van der Waals surface area contributed by atoms with Gasteiger partial charge in [-0.3, -0.25) is 4.79 Å². The van der Waals surface area contributed by atoms with E-state index in [0.29, 0.717) is 18.5 Å². The Morgan fingerprint density at radius 1 is 1.56 bits per heavy atom. The number of aromatic nitrogens is 1. The van der Waals surface area contributed by atoms with Crippen molar-refractivity contribution in [3.63, 3.8) is 0 Å². The first-order chi connectivity index (χ1) is 7.66. The number of anilines is 1. The van der Waals surface area contributed by atoms with E-state index in [1.54, 1.807) is 18.3 Å². The van der Waals surface area contributed by atoms with Gasteiger partial charge in [-0.15, -0.1) is 0 Å². The van der Waals surface area contributed by atoms with Gasteiger partial charge in [0, 0.05) is 18.3 Å². The van der Waals surface area contributed by atoms with Crippen molar-refractivity contribution >= 4 is 11.6 Å². The van der Waals surface area contributed by atoms with Gasteiger partial charge < -0.3 is 4.90 Å². The van der Waals surface area contributed by atoms with Crippen molar-refractivity contribution < 1.29 is 9.18 Å². The van der Waals surface area contributed by atoms with Crippen molar-refractivity contribution in [2.45, 2.75) is 25.9 Å². The van der Waals surface area contributed by atoms with Crippen LogP contribution in [0, 0.1) is 0 Å². The second-order valence-corrected chi connectivity index (χ2v) is 4.15. The molecule has 2 heterocycles. The average Bonchev–Trinajstić information content (AvgIpc) is 2.29. The van der Waals surface area contributed by atoms with Crippen LogP contribution in [0.1, 0.15) is 30.1 Å². The monoisotopic (exact) mass is 222 g/mol. The first-order valence-electron chi connectivity index (χ1n) is 5.53. The molecule has 0 aromatic carbocycles. The molecule has 3 nitrogen and oxygen atoms in total. The Balaban J connectivity index is 2.11. The summed E-state index contributed by atoms with van der Waals surface area (Å²) in [6.07, 6.45) is 2.29. The molecule has 1 aliphatic heterocycles. The number of pyridine rings is 1. The zero-order valence-corrected chi connectivity index (χ0v) is 9.32. The van der Waals surface area contributed by atoms with Crippen molar-refractivity contribution in [3.8, 4) is 0 Å². The number of Topliss-reactive ketones (excluding diaryl/α,β-unsaturated/α-hetero) is 1. The molecule has 1 aliphatic rings. The predicted octanol–water partition coefficient (Wildman–Crippen LogP) is 2.22. The molecular formula is C12H15FN2O. The lowest BCUT2D eigenvalue weighted by atomic mass is 10.1. The summed E-state index contributed by atoms with van der Waals surface area (Å²) in [5, 5.41) is 0. The highest BCUT2D eigenvalue weighted by Gasteiger charge is 2.19. The topological polar surface area (TPSA) is 33.2 Å². The van der Waals surface area contributed by atoms with Crippen LogP contribution in [0.2, 0.25) is 0 Å². The van der Waals surface area contributed by atoms with Gasteiger partial charge in [-0.05, 0) is 31.9 Å². The van der Waals surface area contributed by atoms with Crippen molar-refractivity contribution in [1.82, 2.24) is 4.98 Å². The van der Waals surface area contributed by atoms with Gasteiger partial charge >= 0.3 is 0 Å². The molecule has 0 unspecified atom stereocenters. The Hall–Kier alpha value is -1.45. The number of hydrogen-bond donors (Lipinski definition) is 0. The number of halogens is 1. The molecule has 0 radical (unpaired) electrons. The lowest BCUT2D eigenvalue weighted by Crippen LogP contribution is -2.36. The molecule has 86 valence electrons. The van der Waals surface area contributed by atoms with Gasteiger partial charge in [0.05, 0.1) is 6.54 Å². The summed E-state index contributed by atoms with van der Waals surface area (Å²) in [6, 6.07) is 3.53. The molecule has 1 aromatic rings. The molecule has 0 N–H and O–H groups in total. The second-order valence-electron chi connectivity index (χ2n) is 4.15. The number of piperidine rings is 1. The summed E-state index contributed by atoms with van der Waals surface area (Å²) in [6.45, 7) is 2.76. The zero-order valence-electron chi connectivity index (χ0n) is 9.32. The Kier molecular flexibility index (Phi) is 3.17. The van der Waals surface area contributed by atoms with Gasteiger partial charge in [0.1, 0.15) is 12.0 Å². The second kappa shape index (κ2) is 4.60. The molecule has 0 spiro atoms. The van der Waals surface area contributed by atoms with E-state index in [1.165, 1.54) is 6.92 Å². The van der Waals surface area contributed by atoms with Crippen molar-refractivity contribution in [1.29, 1.82) is 0 Å². The average molecular weight is 222 g/mol. The lowest BCUT2D eigenvalue weighted by Gasteiger charge is -2.29. The highest BCUT2D eigenvalue weighted by Crippen LogP contribution is 2.19. The first kappa shape index (κ1) is 11.0. The molecule has 1 saturated heterocycles. The van der Waals surface area contributed by atoms with Gasteiger partial charge in [-0.25, -0.2) is 9.37 Å². The van der Waals surface area contributed by atoms with Crippen LogP contribution >= 0.6 is 0 Å². The Morgan fingerprint density at radius 3 is 2.94 bits per heavy atom. The molecule has 1 atom stereocenters. The van der Waals surface area contributed by atoms with Gasteiger partial charge in [0.15, 0.2) is 5.78 Å². The molecule has 0 amide bonds. The third-order valence-corrected chi connectivity index (χ3v) is 2.84. The van der Waals surface area contributed by atoms with E-state index in [4.69, 9.17) is 0 Å². The van der Waals surface area contributed by atoms with E-state index in [1.807, 2.05) is 4.90 Å². The van der Waals surface area contributed by atoms with Crippen LogP contribution in [0.15, 0.2) is 18.3 Å². The molecular weight excluding hydrogens is 207 g/mol. The summed E-state index contributed by atoms with van der Waals surface area (Å²) >= 11 is 0. The van der Waals surface area contributed by atoms with Gasteiger partial charge in [0.25, 0.3) is 0 Å². The third kappa shape index (κ3) is 2.38. The SMILES string of the molecule is CC(=O)c1ccc(N2CCC[C@@H](F)C2)nc1. The fourth-order valence-electron chi connectivity index (χ4n) is 1.91. The van der Waals surface area contributed by atoms with Crippen molar-refractivity contribution in [2.24, 2.45) is 0 Å². The molecule has 2 rings (SSSR count). The van der Waals surface area contributed by atoms with Crippen LogP contribution in [0.3, 0.4) is 0 Å². The van der Waals surface area contributed by atoms with E-state index >= 15 is 0 Å². The molecule has 0 aliphatic carbocycles. The number of ketones is 1. The Bertz CT molecular complexity index is 377. The van der Waals surface area contributed by atoms with Crippen molar-refractivity contribution in [2.75, 3.05) is 18.0 Å². The maximum absolute atomic E-state index is 13.2. The summed E-state index contributed by atoms with van der Waals surface area (Å²) in [4.78, 5) is 17.2.